The molecule has 2 aromatic carbocycles. The van der Waals surface area contributed by atoms with E-state index in [-0.39, 0.29) is 30.4 Å². The highest BCUT2D eigenvalue weighted by Crippen LogP contribution is 2.18. The second kappa shape index (κ2) is 14.7. The Morgan fingerprint density at radius 1 is 1.05 bits per heavy atom. The number of nitrogens with one attached hydrogen (secondary N) is 2. The number of benzene rings is 2. The van der Waals surface area contributed by atoms with Gasteiger partial charge in [-0.1, -0.05) is 55.5 Å². The third-order valence-corrected chi connectivity index (χ3v) is 7.25. The van der Waals surface area contributed by atoms with Gasteiger partial charge >= 0.3 is 5.97 Å². The summed E-state index contributed by atoms with van der Waals surface area (Å²) >= 11 is 1.33. The Labute approximate surface area is 245 Å². The number of thioether (sulfide) groups is 1. The summed E-state index contributed by atoms with van der Waals surface area (Å²) in [5.41, 5.74) is 1.20. The highest BCUT2D eigenvalue weighted by atomic mass is 32.2. The second-order valence-corrected chi connectivity index (χ2v) is 10.2. The van der Waals surface area contributed by atoms with E-state index in [4.69, 9.17) is 4.42 Å². The molecule has 0 radical (unpaired) electrons. The molecule has 4 aromatic rings. The predicted octanol–water partition coefficient (Wildman–Crippen LogP) is 3.32. The summed E-state index contributed by atoms with van der Waals surface area (Å²) in [6.45, 7) is 1.72. The van der Waals surface area contributed by atoms with Crippen LogP contribution in [-0.2, 0) is 26.7 Å². The maximum absolute atomic E-state index is 13.2. The lowest BCUT2D eigenvalue weighted by Crippen LogP contribution is -2.47. The minimum absolute atomic E-state index is 0.0188. The van der Waals surface area contributed by atoms with E-state index in [1.807, 2.05) is 60.7 Å². The maximum Gasteiger partial charge on any atom is 0.305 e. The minimum Gasteiger partial charge on any atom is -0.481 e. The fourth-order valence-corrected chi connectivity index (χ4v) is 5.05. The van der Waals surface area contributed by atoms with Gasteiger partial charge in [-0.25, -0.2) is 4.98 Å². The second-order valence-electron chi connectivity index (χ2n) is 9.24. The molecule has 42 heavy (non-hydrogen) atoms. The SMILES string of the molecule is CCC(C(=O)N[C@@H](CC(=O)O)C(=O)CSCc1ccccc1)n1ccnc(NCc2nnc(-c3ccccc3)o2)c1=O. The van der Waals surface area contributed by atoms with Crippen molar-refractivity contribution in [2.45, 2.75) is 44.1 Å². The molecule has 12 nitrogen and oxygen atoms in total. The molecule has 13 heteroatoms. The Bertz CT molecular complexity index is 1560. The highest BCUT2D eigenvalue weighted by molar-refractivity contribution is 7.99. The van der Waals surface area contributed by atoms with E-state index in [2.05, 4.69) is 25.8 Å². The zero-order chi connectivity index (χ0) is 29.9. The van der Waals surface area contributed by atoms with Gasteiger partial charge in [-0.15, -0.1) is 22.0 Å². The first-order valence-electron chi connectivity index (χ1n) is 13.2. The fourth-order valence-electron chi connectivity index (χ4n) is 4.11. The summed E-state index contributed by atoms with van der Waals surface area (Å²) in [5, 5.41) is 22.8. The van der Waals surface area contributed by atoms with E-state index in [0.29, 0.717) is 11.6 Å². The number of Topliss-reactive ketones (excluding diaryl/α,β-unsaturated/α-hetero) is 1. The number of aliphatic carboxylic acids is 1. The van der Waals surface area contributed by atoms with Crippen molar-refractivity contribution in [3.63, 3.8) is 0 Å². The number of rotatable bonds is 15. The molecule has 0 fully saturated rings. The molecule has 2 aromatic heterocycles. The molecule has 0 saturated heterocycles. The average molecular weight is 591 g/mol. The van der Waals surface area contributed by atoms with Crippen LogP contribution in [-0.4, -0.2) is 54.3 Å². The Kier molecular flexibility index (Phi) is 10.6. The molecular weight excluding hydrogens is 560 g/mol. The minimum atomic E-state index is -1.24. The largest absolute Gasteiger partial charge is 0.481 e. The van der Waals surface area contributed by atoms with E-state index < -0.39 is 41.7 Å². The third-order valence-electron chi connectivity index (χ3n) is 6.23. The summed E-state index contributed by atoms with van der Waals surface area (Å²) < 4.78 is 6.85. The fraction of sp³-hybridized carbons (Fsp3) is 0.276. The number of aromatic nitrogens is 4. The number of hydrogen-bond acceptors (Lipinski definition) is 10. The Hall–Kier alpha value is -4.78. The lowest BCUT2D eigenvalue weighted by Gasteiger charge is -2.22. The number of anilines is 1. The molecule has 218 valence electrons. The molecule has 0 bridgehead atoms. The van der Waals surface area contributed by atoms with Crippen LogP contribution in [0.5, 0.6) is 0 Å². The lowest BCUT2D eigenvalue weighted by molar-refractivity contribution is -0.140. The first-order valence-corrected chi connectivity index (χ1v) is 14.4. The molecule has 1 amide bonds. The molecule has 2 atom stereocenters. The standard InChI is InChI=1S/C29H30N6O6S/c1-2-22(27(39)32-21(15-25(37)38)23(36)18-42-17-19-9-5-3-6-10-19)35-14-13-30-26(29(35)40)31-16-24-33-34-28(41-24)20-11-7-4-8-12-20/h3-14,21-22H,2,15-18H2,1H3,(H,30,31)(H,32,39)(H,37,38)/t21-,22?/m0/s1. The Balaban J connectivity index is 1.41. The van der Waals surface area contributed by atoms with Crippen LogP contribution in [0.1, 0.15) is 37.3 Å². The molecular formula is C29H30N6O6S. The smallest absolute Gasteiger partial charge is 0.305 e. The molecule has 1 unspecified atom stereocenters. The number of ketones is 1. The van der Waals surface area contributed by atoms with Crippen molar-refractivity contribution in [3.8, 4) is 11.5 Å². The molecule has 0 spiro atoms. The van der Waals surface area contributed by atoms with Crippen LogP contribution in [0, 0.1) is 0 Å². The van der Waals surface area contributed by atoms with E-state index >= 15 is 0 Å². The molecule has 3 N–H and O–H groups in total. The van der Waals surface area contributed by atoms with Crippen LogP contribution in [0.15, 0.2) is 82.3 Å². The summed E-state index contributed by atoms with van der Waals surface area (Å²) in [6.07, 6.45) is 2.37. The number of carboxylic acid groups (broad SMARTS) is 1. The lowest BCUT2D eigenvalue weighted by atomic mass is 10.1. The predicted molar refractivity (Wildman–Crippen MR) is 157 cm³/mol. The van der Waals surface area contributed by atoms with Crippen molar-refractivity contribution in [1.29, 1.82) is 0 Å². The van der Waals surface area contributed by atoms with Crippen LogP contribution in [0.3, 0.4) is 0 Å². The van der Waals surface area contributed by atoms with Gasteiger partial charge in [-0.3, -0.25) is 23.7 Å². The number of carbonyl (C=O) groups excluding carboxylic acids is 2. The van der Waals surface area contributed by atoms with Gasteiger partial charge in [0, 0.05) is 23.7 Å². The first kappa shape index (κ1) is 30.2. The van der Waals surface area contributed by atoms with Crippen molar-refractivity contribution in [2.75, 3.05) is 11.1 Å². The highest BCUT2D eigenvalue weighted by Gasteiger charge is 2.28. The van der Waals surface area contributed by atoms with E-state index in [1.165, 1.54) is 28.7 Å². The molecule has 4 rings (SSSR count). The van der Waals surface area contributed by atoms with Crippen LogP contribution in [0.4, 0.5) is 5.82 Å². The summed E-state index contributed by atoms with van der Waals surface area (Å²) in [5.74, 6) is -1.17. The number of carbonyl (C=O) groups is 3. The van der Waals surface area contributed by atoms with Gasteiger partial charge in [-0.05, 0) is 24.1 Å². The van der Waals surface area contributed by atoms with Crippen LogP contribution in [0.25, 0.3) is 11.5 Å². The average Bonchev–Trinajstić information content (AvgIpc) is 3.47. The Morgan fingerprint density at radius 3 is 2.45 bits per heavy atom. The van der Waals surface area contributed by atoms with Gasteiger partial charge in [0.15, 0.2) is 11.6 Å². The number of hydrogen-bond donors (Lipinski definition) is 3. The molecule has 0 saturated carbocycles. The van der Waals surface area contributed by atoms with Gasteiger partial charge in [-0.2, -0.15) is 0 Å². The zero-order valence-electron chi connectivity index (χ0n) is 22.8. The monoisotopic (exact) mass is 590 g/mol. The van der Waals surface area contributed by atoms with Gasteiger partial charge in [0.2, 0.25) is 17.7 Å². The number of nitrogens with zero attached hydrogens (tertiary/aromatic N) is 4. The van der Waals surface area contributed by atoms with Gasteiger partial charge in [0.25, 0.3) is 5.56 Å². The topological polar surface area (TPSA) is 169 Å². The summed E-state index contributed by atoms with van der Waals surface area (Å²) in [4.78, 5) is 54.9. The molecule has 2 heterocycles. The van der Waals surface area contributed by atoms with E-state index in [1.54, 1.807) is 6.92 Å². The van der Waals surface area contributed by atoms with E-state index in [9.17, 15) is 24.3 Å². The normalized spacial score (nSPS) is 12.3. The van der Waals surface area contributed by atoms with Crippen molar-refractivity contribution < 1.29 is 23.9 Å². The molecule has 0 aliphatic carbocycles. The van der Waals surface area contributed by atoms with Crippen molar-refractivity contribution >= 4 is 35.2 Å². The maximum atomic E-state index is 13.2. The van der Waals surface area contributed by atoms with Crippen molar-refractivity contribution in [2.24, 2.45) is 0 Å². The van der Waals surface area contributed by atoms with Crippen LogP contribution >= 0.6 is 11.8 Å². The summed E-state index contributed by atoms with van der Waals surface area (Å²) in [7, 11) is 0. The van der Waals surface area contributed by atoms with Crippen LogP contribution < -0.4 is 16.2 Å². The van der Waals surface area contributed by atoms with Crippen molar-refractivity contribution in [1.82, 2.24) is 25.1 Å². The van der Waals surface area contributed by atoms with Crippen molar-refractivity contribution in [3.05, 3.63) is 94.9 Å². The van der Waals surface area contributed by atoms with Gasteiger partial charge in [0.1, 0.15) is 6.04 Å². The Morgan fingerprint density at radius 2 is 1.76 bits per heavy atom. The van der Waals surface area contributed by atoms with Crippen LogP contribution in [0.2, 0.25) is 0 Å². The third kappa shape index (κ3) is 8.13. The van der Waals surface area contributed by atoms with Gasteiger partial charge < -0.3 is 20.2 Å². The van der Waals surface area contributed by atoms with Gasteiger partial charge in [0.05, 0.1) is 24.8 Å². The molecule has 0 aliphatic heterocycles. The number of amides is 1. The quantitative estimate of drug-likeness (QED) is 0.186. The summed E-state index contributed by atoms with van der Waals surface area (Å²) in [6, 6.07) is 16.5. The molecule has 0 aliphatic rings. The van der Waals surface area contributed by atoms with E-state index in [0.717, 1.165) is 11.1 Å². The zero-order valence-corrected chi connectivity index (χ0v) is 23.6. The number of carboxylic acids is 1. The first-order chi connectivity index (χ1) is 20.4.